The maximum Gasteiger partial charge on any atom is 0.0108 e. The maximum absolute atomic E-state index is 5.92. The summed E-state index contributed by atoms with van der Waals surface area (Å²) in [6.07, 6.45) is 5.47. The van der Waals surface area contributed by atoms with Crippen LogP contribution in [0.25, 0.3) is 0 Å². The van der Waals surface area contributed by atoms with Crippen LogP contribution in [0.5, 0.6) is 0 Å². The number of nitrogens with two attached hydrogens (primary N) is 1. The number of likely N-dealkylation sites (tertiary alicyclic amines) is 2. The molecular formula is C15H31N3. The fraction of sp³-hybridized carbons (Fsp3) is 1.00. The van der Waals surface area contributed by atoms with Crippen molar-refractivity contribution in [2.75, 3.05) is 39.3 Å². The monoisotopic (exact) mass is 253 g/mol. The average molecular weight is 253 g/mol. The Bertz CT molecular complexity index is 244. The van der Waals surface area contributed by atoms with Gasteiger partial charge in [-0.25, -0.2) is 0 Å². The van der Waals surface area contributed by atoms with Crippen molar-refractivity contribution in [1.29, 1.82) is 0 Å². The standard InChI is InChI=1S/C15H31N3/c1-3-17-8-4-5-15(7-9-17)18-10-6-13(2)14(11-16)12-18/h13-15H,3-12,16H2,1-2H3. The van der Waals surface area contributed by atoms with E-state index in [0.29, 0.717) is 0 Å². The van der Waals surface area contributed by atoms with Gasteiger partial charge in [-0.1, -0.05) is 13.8 Å². The van der Waals surface area contributed by atoms with Crippen molar-refractivity contribution >= 4 is 0 Å². The number of hydrogen-bond donors (Lipinski definition) is 1. The Kier molecular flexibility index (Phi) is 5.46. The van der Waals surface area contributed by atoms with E-state index in [9.17, 15) is 0 Å². The van der Waals surface area contributed by atoms with Crippen molar-refractivity contribution in [2.45, 2.75) is 45.6 Å². The number of rotatable bonds is 3. The highest BCUT2D eigenvalue weighted by atomic mass is 15.2. The highest BCUT2D eigenvalue weighted by Crippen LogP contribution is 2.27. The minimum Gasteiger partial charge on any atom is -0.330 e. The molecule has 0 aromatic heterocycles. The lowest BCUT2D eigenvalue weighted by Crippen LogP contribution is -2.47. The molecule has 2 N–H and O–H groups in total. The molecular weight excluding hydrogens is 222 g/mol. The van der Waals surface area contributed by atoms with Crippen LogP contribution in [0, 0.1) is 11.8 Å². The summed E-state index contributed by atoms with van der Waals surface area (Å²) in [5.74, 6) is 1.55. The largest absolute Gasteiger partial charge is 0.330 e. The second-order valence-corrected chi connectivity index (χ2v) is 6.28. The van der Waals surface area contributed by atoms with E-state index >= 15 is 0 Å². The Hall–Kier alpha value is -0.120. The molecule has 0 saturated carbocycles. The molecule has 0 amide bonds. The molecule has 2 heterocycles. The van der Waals surface area contributed by atoms with Gasteiger partial charge in [0.2, 0.25) is 0 Å². The van der Waals surface area contributed by atoms with Gasteiger partial charge in [-0.05, 0) is 70.2 Å². The van der Waals surface area contributed by atoms with Crippen LogP contribution in [0.4, 0.5) is 0 Å². The second kappa shape index (κ2) is 6.88. The first-order valence-electron chi connectivity index (χ1n) is 7.91. The summed E-state index contributed by atoms with van der Waals surface area (Å²) in [5, 5.41) is 0. The van der Waals surface area contributed by atoms with Gasteiger partial charge in [-0.15, -0.1) is 0 Å². The quantitative estimate of drug-likeness (QED) is 0.832. The lowest BCUT2D eigenvalue weighted by atomic mass is 9.86. The van der Waals surface area contributed by atoms with Crippen molar-refractivity contribution in [1.82, 2.24) is 9.80 Å². The van der Waals surface area contributed by atoms with Gasteiger partial charge in [-0.2, -0.15) is 0 Å². The van der Waals surface area contributed by atoms with Crippen molar-refractivity contribution in [3.63, 3.8) is 0 Å². The summed E-state index contributed by atoms with van der Waals surface area (Å²) in [7, 11) is 0. The molecule has 0 bridgehead atoms. The van der Waals surface area contributed by atoms with Gasteiger partial charge in [-0.3, -0.25) is 4.90 Å². The fourth-order valence-electron chi connectivity index (χ4n) is 3.64. The van der Waals surface area contributed by atoms with E-state index in [-0.39, 0.29) is 0 Å². The normalized spacial score (nSPS) is 36.5. The van der Waals surface area contributed by atoms with Crippen molar-refractivity contribution in [2.24, 2.45) is 17.6 Å². The van der Waals surface area contributed by atoms with E-state index in [1.165, 1.54) is 58.4 Å². The lowest BCUT2D eigenvalue weighted by molar-refractivity contribution is 0.0835. The van der Waals surface area contributed by atoms with Crippen LogP contribution < -0.4 is 5.73 Å². The number of piperidine rings is 1. The zero-order valence-electron chi connectivity index (χ0n) is 12.3. The molecule has 106 valence electrons. The zero-order chi connectivity index (χ0) is 13.0. The SMILES string of the molecule is CCN1CCCC(N2CCC(C)C(CN)C2)CC1. The predicted octanol–water partition coefficient (Wildman–Crippen LogP) is 1.78. The molecule has 3 atom stereocenters. The van der Waals surface area contributed by atoms with Crippen molar-refractivity contribution < 1.29 is 0 Å². The van der Waals surface area contributed by atoms with Crippen LogP contribution in [0.15, 0.2) is 0 Å². The van der Waals surface area contributed by atoms with Gasteiger partial charge < -0.3 is 10.6 Å². The third kappa shape index (κ3) is 3.46. The van der Waals surface area contributed by atoms with E-state index in [4.69, 9.17) is 5.73 Å². The van der Waals surface area contributed by atoms with Crippen molar-refractivity contribution in [3.05, 3.63) is 0 Å². The lowest BCUT2D eigenvalue weighted by Gasteiger charge is -2.41. The highest BCUT2D eigenvalue weighted by molar-refractivity contribution is 4.84. The maximum atomic E-state index is 5.92. The van der Waals surface area contributed by atoms with Gasteiger partial charge >= 0.3 is 0 Å². The van der Waals surface area contributed by atoms with Gasteiger partial charge in [0.05, 0.1) is 0 Å². The first-order valence-corrected chi connectivity index (χ1v) is 7.91. The Balaban J connectivity index is 1.87. The molecule has 3 heteroatoms. The van der Waals surface area contributed by atoms with Gasteiger partial charge in [0, 0.05) is 12.6 Å². The number of hydrogen-bond acceptors (Lipinski definition) is 3. The number of nitrogens with zero attached hydrogens (tertiary/aromatic N) is 2. The summed E-state index contributed by atoms with van der Waals surface area (Å²) in [5.41, 5.74) is 5.92. The molecule has 2 rings (SSSR count). The first-order chi connectivity index (χ1) is 8.74. The molecule has 0 aromatic rings. The predicted molar refractivity (Wildman–Crippen MR) is 77.7 cm³/mol. The second-order valence-electron chi connectivity index (χ2n) is 6.28. The molecule has 2 aliphatic rings. The van der Waals surface area contributed by atoms with E-state index < -0.39 is 0 Å². The van der Waals surface area contributed by atoms with Crippen molar-refractivity contribution in [3.8, 4) is 0 Å². The van der Waals surface area contributed by atoms with Crippen LogP contribution >= 0.6 is 0 Å². The smallest absolute Gasteiger partial charge is 0.0108 e. The fourth-order valence-corrected chi connectivity index (χ4v) is 3.64. The van der Waals surface area contributed by atoms with E-state index in [2.05, 4.69) is 23.6 Å². The third-order valence-electron chi connectivity index (χ3n) is 5.20. The van der Waals surface area contributed by atoms with Gasteiger partial charge in [0.1, 0.15) is 0 Å². The molecule has 2 aliphatic heterocycles. The molecule has 0 radical (unpaired) electrons. The average Bonchev–Trinajstić information content (AvgIpc) is 2.64. The molecule has 2 fully saturated rings. The molecule has 3 unspecified atom stereocenters. The summed E-state index contributed by atoms with van der Waals surface area (Å²) in [6.45, 7) is 11.9. The van der Waals surface area contributed by atoms with Crippen LogP contribution in [-0.4, -0.2) is 55.1 Å². The Morgan fingerprint density at radius 3 is 2.67 bits per heavy atom. The first kappa shape index (κ1) is 14.3. The highest BCUT2D eigenvalue weighted by Gasteiger charge is 2.30. The third-order valence-corrected chi connectivity index (χ3v) is 5.20. The molecule has 3 nitrogen and oxygen atoms in total. The molecule has 0 spiro atoms. The molecule has 18 heavy (non-hydrogen) atoms. The van der Waals surface area contributed by atoms with Gasteiger partial charge in [0.15, 0.2) is 0 Å². The Morgan fingerprint density at radius 1 is 1.11 bits per heavy atom. The Morgan fingerprint density at radius 2 is 1.94 bits per heavy atom. The van der Waals surface area contributed by atoms with Gasteiger partial charge in [0.25, 0.3) is 0 Å². The van der Waals surface area contributed by atoms with E-state index in [0.717, 1.165) is 24.4 Å². The minimum atomic E-state index is 0.726. The van der Waals surface area contributed by atoms with Crippen LogP contribution in [0.2, 0.25) is 0 Å². The molecule has 0 aliphatic carbocycles. The summed E-state index contributed by atoms with van der Waals surface area (Å²) >= 11 is 0. The van der Waals surface area contributed by atoms with Crippen LogP contribution in [0.1, 0.15) is 39.5 Å². The summed E-state index contributed by atoms with van der Waals surface area (Å²) < 4.78 is 0. The van der Waals surface area contributed by atoms with E-state index in [1.54, 1.807) is 0 Å². The minimum absolute atomic E-state index is 0.726. The Labute approximate surface area is 113 Å². The van der Waals surface area contributed by atoms with E-state index in [1.807, 2.05) is 0 Å². The zero-order valence-corrected chi connectivity index (χ0v) is 12.3. The summed E-state index contributed by atoms with van der Waals surface area (Å²) in [4.78, 5) is 5.35. The summed E-state index contributed by atoms with van der Waals surface area (Å²) in [6, 6.07) is 0.822. The molecule has 2 saturated heterocycles. The van der Waals surface area contributed by atoms with Crippen LogP contribution in [0.3, 0.4) is 0 Å². The topological polar surface area (TPSA) is 32.5 Å². The molecule has 0 aromatic carbocycles. The van der Waals surface area contributed by atoms with Crippen LogP contribution in [-0.2, 0) is 0 Å².